The van der Waals surface area contributed by atoms with E-state index < -0.39 is 21.0 Å². The summed E-state index contributed by atoms with van der Waals surface area (Å²) in [5, 5.41) is 4.99. The van der Waals surface area contributed by atoms with Crippen molar-refractivity contribution in [2.75, 3.05) is 19.3 Å². The number of amides is 1. The number of rotatable bonds is 7. The van der Waals surface area contributed by atoms with Gasteiger partial charge in [0, 0.05) is 18.8 Å². The molecule has 0 bridgehead atoms. The van der Waals surface area contributed by atoms with Crippen LogP contribution in [0.1, 0.15) is 26.2 Å². The van der Waals surface area contributed by atoms with Crippen LogP contribution in [-0.2, 0) is 14.6 Å². The topological polar surface area (TPSA) is 75.3 Å². The second-order valence-corrected chi connectivity index (χ2v) is 6.71. The first-order chi connectivity index (χ1) is 7.41. The lowest BCUT2D eigenvalue weighted by atomic mass is 10.4. The van der Waals surface area contributed by atoms with Crippen LogP contribution in [0, 0.1) is 0 Å². The monoisotopic (exact) mass is 248 g/mol. The van der Waals surface area contributed by atoms with Gasteiger partial charge in [0.15, 0.2) is 9.84 Å². The van der Waals surface area contributed by atoms with Gasteiger partial charge in [-0.15, -0.1) is 0 Å². The van der Waals surface area contributed by atoms with Crippen molar-refractivity contribution in [1.29, 1.82) is 0 Å². The molecule has 0 radical (unpaired) electrons. The van der Waals surface area contributed by atoms with E-state index in [9.17, 15) is 13.2 Å². The van der Waals surface area contributed by atoms with Crippen molar-refractivity contribution < 1.29 is 13.2 Å². The van der Waals surface area contributed by atoms with Gasteiger partial charge in [-0.25, -0.2) is 8.42 Å². The van der Waals surface area contributed by atoms with Crippen molar-refractivity contribution >= 4 is 15.7 Å². The second kappa shape index (κ2) is 5.63. The highest BCUT2D eigenvalue weighted by Crippen LogP contribution is 2.18. The number of hydrogen-bond acceptors (Lipinski definition) is 4. The lowest BCUT2D eigenvalue weighted by molar-refractivity contribution is -0.120. The van der Waals surface area contributed by atoms with Crippen molar-refractivity contribution in [1.82, 2.24) is 10.6 Å². The van der Waals surface area contributed by atoms with Gasteiger partial charge in [-0.05, 0) is 32.7 Å². The highest BCUT2D eigenvalue weighted by molar-refractivity contribution is 7.92. The Morgan fingerprint density at radius 1 is 1.38 bits per heavy atom. The van der Waals surface area contributed by atoms with E-state index in [-0.39, 0.29) is 0 Å². The molecule has 0 saturated heterocycles. The van der Waals surface area contributed by atoms with Crippen LogP contribution in [0.2, 0.25) is 0 Å². The van der Waals surface area contributed by atoms with Crippen LogP contribution < -0.4 is 10.6 Å². The molecule has 5 nitrogen and oxygen atoms in total. The molecule has 0 heterocycles. The summed E-state index contributed by atoms with van der Waals surface area (Å²) in [4.78, 5) is 11.4. The molecule has 1 saturated carbocycles. The summed E-state index contributed by atoms with van der Waals surface area (Å²) in [5.41, 5.74) is 0. The number of carbonyl (C=O) groups is 1. The van der Waals surface area contributed by atoms with Crippen LogP contribution in [0.4, 0.5) is 0 Å². The van der Waals surface area contributed by atoms with Crippen molar-refractivity contribution in [2.45, 2.75) is 37.5 Å². The Bertz CT molecular complexity index is 336. The summed E-state index contributed by atoms with van der Waals surface area (Å²) in [6.45, 7) is 2.81. The van der Waals surface area contributed by atoms with E-state index in [1.807, 2.05) is 0 Å². The van der Waals surface area contributed by atoms with Gasteiger partial charge in [0.2, 0.25) is 5.91 Å². The molecular formula is C10H20N2O3S. The zero-order valence-electron chi connectivity index (χ0n) is 9.82. The Hall–Kier alpha value is -0.620. The Balaban J connectivity index is 2.09. The van der Waals surface area contributed by atoms with Crippen molar-refractivity contribution in [3.05, 3.63) is 0 Å². The molecule has 2 N–H and O–H groups in total. The Morgan fingerprint density at radius 3 is 2.50 bits per heavy atom. The zero-order chi connectivity index (χ0) is 12.2. The molecule has 1 aliphatic rings. The van der Waals surface area contributed by atoms with Gasteiger partial charge in [0.25, 0.3) is 0 Å². The Labute approximate surface area is 96.9 Å². The fourth-order valence-electron chi connectivity index (χ4n) is 1.23. The van der Waals surface area contributed by atoms with Gasteiger partial charge in [-0.2, -0.15) is 0 Å². The van der Waals surface area contributed by atoms with Gasteiger partial charge in [0.05, 0.1) is 0 Å². The predicted octanol–water partition coefficient (Wildman–Crippen LogP) is -0.322. The van der Waals surface area contributed by atoms with Gasteiger partial charge in [-0.3, -0.25) is 4.79 Å². The SMILES string of the molecule is CC(C(=O)NCCCNC1CC1)S(C)(=O)=O. The molecule has 0 aromatic carbocycles. The molecule has 1 unspecified atom stereocenters. The third-order valence-corrected chi connectivity index (χ3v) is 4.17. The van der Waals surface area contributed by atoms with E-state index in [2.05, 4.69) is 10.6 Å². The first-order valence-electron chi connectivity index (χ1n) is 5.61. The summed E-state index contributed by atoms with van der Waals surface area (Å²) >= 11 is 0. The third kappa shape index (κ3) is 4.94. The summed E-state index contributed by atoms with van der Waals surface area (Å²) in [7, 11) is -3.28. The van der Waals surface area contributed by atoms with Crippen molar-refractivity contribution in [2.24, 2.45) is 0 Å². The Kier molecular flexibility index (Phi) is 4.73. The first kappa shape index (κ1) is 13.4. The van der Waals surface area contributed by atoms with Crippen LogP contribution >= 0.6 is 0 Å². The molecule has 16 heavy (non-hydrogen) atoms. The molecule has 0 spiro atoms. The maximum atomic E-state index is 11.4. The molecule has 1 fully saturated rings. The van der Waals surface area contributed by atoms with E-state index in [1.165, 1.54) is 19.8 Å². The lowest BCUT2D eigenvalue weighted by Crippen LogP contribution is -2.38. The second-order valence-electron chi connectivity index (χ2n) is 4.34. The fourth-order valence-corrected chi connectivity index (χ4v) is 1.70. The molecule has 1 atom stereocenters. The van der Waals surface area contributed by atoms with E-state index in [0.29, 0.717) is 12.6 Å². The van der Waals surface area contributed by atoms with Gasteiger partial charge < -0.3 is 10.6 Å². The third-order valence-electron chi connectivity index (χ3n) is 2.67. The summed E-state index contributed by atoms with van der Waals surface area (Å²) in [6, 6.07) is 0.672. The number of hydrogen-bond donors (Lipinski definition) is 2. The van der Waals surface area contributed by atoms with Crippen LogP contribution in [0.3, 0.4) is 0 Å². The smallest absolute Gasteiger partial charge is 0.238 e. The number of nitrogens with one attached hydrogen (secondary N) is 2. The summed E-state index contributed by atoms with van der Waals surface area (Å²) in [5.74, 6) is -0.408. The number of carbonyl (C=O) groups excluding carboxylic acids is 1. The standard InChI is InChI=1S/C10H20N2O3S/c1-8(16(2,14)15)10(13)12-7-3-6-11-9-4-5-9/h8-9,11H,3-7H2,1-2H3,(H,12,13). The molecule has 0 aromatic rings. The first-order valence-corrected chi connectivity index (χ1v) is 7.56. The van der Waals surface area contributed by atoms with E-state index in [4.69, 9.17) is 0 Å². The molecular weight excluding hydrogens is 228 g/mol. The summed E-state index contributed by atoms with van der Waals surface area (Å²) < 4.78 is 22.2. The van der Waals surface area contributed by atoms with Gasteiger partial charge in [0.1, 0.15) is 5.25 Å². The normalized spacial score (nSPS) is 18.1. The Morgan fingerprint density at radius 2 is 2.00 bits per heavy atom. The van der Waals surface area contributed by atoms with Crippen LogP contribution in [-0.4, -0.2) is 45.0 Å². The summed E-state index contributed by atoms with van der Waals surface area (Å²) in [6.07, 6.45) is 4.40. The van der Waals surface area contributed by atoms with Crippen molar-refractivity contribution in [3.8, 4) is 0 Å². The minimum absolute atomic E-state index is 0.408. The van der Waals surface area contributed by atoms with Crippen LogP contribution in [0.5, 0.6) is 0 Å². The molecule has 1 rings (SSSR count). The average Bonchev–Trinajstić information content (AvgIpc) is 2.98. The van der Waals surface area contributed by atoms with Gasteiger partial charge >= 0.3 is 0 Å². The highest BCUT2D eigenvalue weighted by Gasteiger charge is 2.23. The average molecular weight is 248 g/mol. The lowest BCUT2D eigenvalue weighted by Gasteiger charge is -2.10. The van der Waals surface area contributed by atoms with E-state index >= 15 is 0 Å². The molecule has 94 valence electrons. The molecule has 1 amide bonds. The van der Waals surface area contributed by atoms with Crippen LogP contribution in [0.15, 0.2) is 0 Å². The van der Waals surface area contributed by atoms with Crippen molar-refractivity contribution in [3.63, 3.8) is 0 Å². The highest BCUT2D eigenvalue weighted by atomic mass is 32.2. The quantitative estimate of drug-likeness (QED) is 0.605. The molecule has 6 heteroatoms. The molecule has 0 aliphatic heterocycles. The largest absolute Gasteiger partial charge is 0.355 e. The van der Waals surface area contributed by atoms with Crippen LogP contribution in [0.25, 0.3) is 0 Å². The number of sulfone groups is 1. The van der Waals surface area contributed by atoms with E-state index in [1.54, 1.807) is 0 Å². The van der Waals surface area contributed by atoms with E-state index in [0.717, 1.165) is 19.2 Å². The molecule has 0 aromatic heterocycles. The maximum absolute atomic E-state index is 11.4. The fraction of sp³-hybridized carbons (Fsp3) is 0.900. The molecule has 1 aliphatic carbocycles. The maximum Gasteiger partial charge on any atom is 0.238 e. The minimum Gasteiger partial charge on any atom is -0.355 e. The van der Waals surface area contributed by atoms with Gasteiger partial charge in [-0.1, -0.05) is 0 Å². The zero-order valence-corrected chi connectivity index (χ0v) is 10.6. The predicted molar refractivity (Wildman–Crippen MR) is 63.0 cm³/mol. The minimum atomic E-state index is -3.28.